The minimum atomic E-state index is -0.416. The highest BCUT2D eigenvalue weighted by atomic mass is 16.5. The van der Waals surface area contributed by atoms with Crippen LogP contribution in [0.15, 0.2) is 24.3 Å². The van der Waals surface area contributed by atoms with Crippen LogP contribution in [0.2, 0.25) is 0 Å². The number of methoxy groups -OCH3 is 1. The van der Waals surface area contributed by atoms with Gasteiger partial charge in [0.15, 0.2) is 0 Å². The second kappa shape index (κ2) is 5.74. The molecule has 2 fully saturated rings. The van der Waals surface area contributed by atoms with E-state index in [0.29, 0.717) is 12.0 Å². The van der Waals surface area contributed by atoms with Crippen molar-refractivity contribution in [3.63, 3.8) is 0 Å². The predicted octanol–water partition coefficient (Wildman–Crippen LogP) is 2.52. The van der Waals surface area contributed by atoms with Crippen LogP contribution in [0.4, 0.5) is 0 Å². The van der Waals surface area contributed by atoms with Crippen LogP contribution in [0.1, 0.15) is 37.7 Å². The molecule has 110 valence electrons. The zero-order valence-electron chi connectivity index (χ0n) is 12.3. The molecule has 0 aromatic heterocycles. The molecule has 1 heterocycles. The monoisotopic (exact) mass is 275 g/mol. The molecule has 1 saturated heterocycles. The van der Waals surface area contributed by atoms with Crippen molar-refractivity contribution < 1.29 is 9.84 Å². The van der Waals surface area contributed by atoms with Crippen LogP contribution in [0.5, 0.6) is 5.75 Å². The van der Waals surface area contributed by atoms with Crippen LogP contribution in [-0.2, 0) is 6.42 Å². The summed E-state index contributed by atoms with van der Waals surface area (Å²) in [4.78, 5) is 0. The standard InChI is InChI=1S/C17H25NO2/c1-20-14-7-5-13(6-8-14)12-16-15-4-2-3-9-17(15,19)10-11-18-16/h5-8,15-16,18-19H,2-4,9-12H2,1H3/t15-,16+,17+/m1/s1. The van der Waals surface area contributed by atoms with E-state index in [1.165, 1.54) is 18.4 Å². The molecule has 0 amide bonds. The lowest BCUT2D eigenvalue weighted by molar-refractivity contribution is -0.0850. The predicted molar refractivity (Wildman–Crippen MR) is 80.0 cm³/mol. The molecule has 2 aliphatic rings. The van der Waals surface area contributed by atoms with E-state index in [-0.39, 0.29) is 0 Å². The molecule has 0 spiro atoms. The van der Waals surface area contributed by atoms with Crippen LogP contribution < -0.4 is 10.1 Å². The van der Waals surface area contributed by atoms with Crippen LogP contribution in [0.3, 0.4) is 0 Å². The summed E-state index contributed by atoms with van der Waals surface area (Å²) in [6, 6.07) is 8.72. The van der Waals surface area contributed by atoms with E-state index in [0.717, 1.165) is 38.0 Å². The number of hydrogen-bond donors (Lipinski definition) is 2. The number of benzene rings is 1. The van der Waals surface area contributed by atoms with Crippen LogP contribution in [0, 0.1) is 5.92 Å². The molecule has 1 aromatic carbocycles. The average Bonchev–Trinajstić information content (AvgIpc) is 2.48. The molecule has 2 N–H and O–H groups in total. The van der Waals surface area contributed by atoms with E-state index in [1.54, 1.807) is 7.11 Å². The van der Waals surface area contributed by atoms with E-state index in [4.69, 9.17) is 4.74 Å². The van der Waals surface area contributed by atoms with E-state index in [9.17, 15) is 5.11 Å². The van der Waals surface area contributed by atoms with Crippen LogP contribution >= 0.6 is 0 Å². The highest BCUT2D eigenvalue weighted by Gasteiger charge is 2.45. The third kappa shape index (κ3) is 2.70. The Morgan fingerprint density at radius 1 is 1.25 bits per heavy atom. The summed E-state index contributed by atoms with van der Waals surface area (Å²) in [5.74, 6) is 1.31. The Hall–Kier alpha value is -1.06. The number of hydrogen-bond acceptors (Lipinski definition) is 3. The number of ether oxygens (including phenoxy) is 1. The van der Waals surface area contributed by atoms with Crippen LogP contribution in [-0.4, -0.2) is 30.4 Å². The van der Waals surface area contributed by atoms with Gasteiger partial charge in [0.25, 0.3) is 0 Å². The van der Waals surface area contributed by atoms with E-state index in [2.05, 4.69) is 17.4 Å². The third-order valence-corrected chi connectivity index (χ3v) is 5.13. The lowest BCUT2D eigenvalue weighted by Gasteiger charge is -2.48. The summed E-state index contributed by atoms with van der Waals surface area (Å²) in [6.07, 6.45) is 6.49. The second-order valence-electron chi connectivity index (χ2n) is 6.32. The summed E-state index contributed by atoms with van der Waals surface area (Å²) < 4.78 is 5.21. The van der Waals surface area contributed by atoms with Gasteiger partial charge >= 0.3 is 0 Å². The molecule has 3 atom stereocenters. The molecule has 1 aliphatic heterocycles. The maximum absolute atomic E-state index is 10.9. The molecule has 3 nitrogen and oxygen atoms in total. The third-order valence-electron chi connectivity index (χ3n) is 5.13. The molecule has 1 aromatic rings. The summed E-state index contributed by atoms with van der Waals surface area (Å²) >= 11 is 0. The summed E-state index contributed by atoms with van der Waals surface area (Å²) in [7, 11) is 1.69. The normalized spacial score (nSPS) is 33.5. The van der Waals surface area contributed by atoms with Gasteiger partial charge in [-0.3, -0.25) is 0 Å². The Bertz CT molecular complexity index is 441. The van der Waals surface area contributed by atoms with E-state index in [1.807, 2.05) is 12.1 Å². The number of rotatable bonds is 3. The van der Waals surface area contributed by atoms with Gasteiger partial charge in [-0.15, -0.1) is 0 Å². The van der Waals surface area contributed by atoms with Gasteiger partial charge < -0.3 is 15.2 Å². The molecule has 1 saturated carbocycles. The highest BCUT2D eigenvalue weighted by Crippen LogP contribution is 2.41. The minimum Gasteiger partial charge on any atom is -0.497 e. The fourth-order valence-corrected chi connectivity index (χ4v) is 3.98. The van der Waals surface area contributed by atoms with Crippen molar-refractivity contribution in [3.05, 3.63) is 29.8 Å². The first-order valence-corrected chi connectivity index (χ1v) is 7.80. The molecule has 0 radical (unpaired) electrons. The molecule has 20 heavy (non-hydrogen) atoms. The molecule has 1 aliphatic carbocycles. The molecule has 3 heteroatoms. The quantitative estimate of drug-likeness (QED) is 0.890. The Morgan fingerprint density at radius 2 is 2.05 bits per heavy atom. The van der Waals surface area contributed by atoms with Gasteiger partial charge in [-0.1, -0.05) is 25.0 Å². The van der Waals surface area contributed by atoms with Gasteiger partial charge in [0.2, 0.25) is 0 Å². The Labute approximate surface area is 121 Å². The molecular weight excluding hydrogens is 250 g/mol. The van der Waals surface area contributed by atoms with E-state index >= 15 is 0 Å². The van der Waals surface area contributed by atoms with Crippen molar-refractivity contribution in [2.75, 3.05) is 13.7 Å². The van der Waals surface area contributed by atoms with Crippen molar-refractivity contribution in [2.45, 2.75) is 50.2 Å². The van der Waals surface area contributed by atoms with Gasteiger partial charge in [0.05, 0.1) is 12.7 Å². The van der Waals surface area contributed by atoms with Crippen molar-refractivity contribution in [3.8, 4) is 5.75 Å². The largest absolute Gasteiger partial charge is 0.497 e. The van der Waals surface area contributed by atoms with Gasteiger partial charge in [-0.25, -0.2) is 0 Å². The fourth-order valence-electron chi connectivity index (χ4n) is 3.98. The number of fused-ring (bicyclic) bond motifs is 1. The zero-order chi connectivity index (χ0) is 14.0. The van der Waals surface area contributed by atoms with Crippen molar-refractivity contribution in [2.24, 2.45) is 5.92 Å². The van der Waals surface area contributed by atoms with Gasteiger partial charge in [-0.2, -0.15) is 0 Å². The maximum atomic E-state index is 10.9. The van der Waals surface area contributed by atoms with Gasteiger partial charge in [0.1, 0.15) is 5.75 Å². The first kappa shape index (κ1) is 13.9. The first-order valence-electron chi connectivity index (χ1n) is 7.80. The SMILES string of the molecule is COc1ccc(C[C@@H]2NCC[C@@]3(O)CCCC[C@H]23)cc1. The fraction of sp³-hybridized carbons (Fsp3) is 0.647. The summed E-state index contributed by atoms with van der Waals surface area (Å²) in [5.41, 5.74) is 0.902. The Morgan fingerprint density at radius 3 is 2.80 bits per heavy atom. The minimum absolute atomic E-state index is 0.405. The zero-order valence-corrected chi connectivity index (χ0v) is 12.3. The van der Waals surface area contributed by atoms with Crippen molar-refractivity contribution in [1.82, 2.24) is 5.32 Å². The average molecular weight is 275 g/mol. The second-order valence-corrected chi connectivity index (χ2v) is 6.32. The Balaban J connectivity index is 1.71. The Kier molecular flexibility index (Phi) is 3.99. The van der Waals surface area contributed by atoms with E-state index < -0.39 is 5.60 Å². The molecular formula is C17H25NO2. The summed E-state index contributed by atoms with van der Waals surface area (Å²) in [6.45, 7) is 0.938. The van der Waals surface area contributed by atoms with Crippen LogP contribution in [0.25, 0.3) is 0 Å². The number of aliphatic hydroxyl groups is 1. The first-order chi connectivity index (χ1) is 9.71. The smallest absolute Gasteiger partial charge is 0.118 e. The topological polar surface area (TPSA) is 41.5 Å². The lowest BCUT2D eigenvalue weighted by Crippen LogP contribution is -2.58. The van der Waals surface area contributed by atoms with Gasteiger partial charge in [-0.05, 0) is 49.9 Å². The number of piperidine rings is 1. The molecule has 0 unspecified atom stereocenters. The summed E-state index contributed by atoms with van der Waals surface area (Å²) in [5, 5.41) is 14.5. The molecule has 0 bridgehead atoms. The maximum Gasteiger partial charge on any atom is 0.118 e. The lowest BCUT2D eigenvalue weighted by atomic mass is 9.67. The van der Waals surface area contributed by atoms with Crippen molar-refractivity contribution in [1.29, 1.82) is 0 Å². The van der Waals surface area contributed by atoms with Gasteiger partial charge in [0, 0.05) is 12.0 Å². The highest BCUT2D eigenvalue weighted by molar-refractivity contribution is 5.28. The number of nitrogens with one attached hydrogen (secondary N) is 1. The molecule has 3 rings (SSSR count). The van der Waals surface area contributed by atoms with Crippen molar-refractivity contribution >= 4 is 0 Å².